The van der Waals surface area contributed by atoms with Gasteiger partial charge < -0.3 is 10.4 Å². The van der Waals surface area contributed by atoms with Gasteiger partial charge in [0.25, 0.3) is 0 Å². The molecule has 0 radical (unpaired) electrons. The van der Waals surface area contributed by atoms with Crippen LogP contribution < -0.4 is 5.32 Å². The predicted molar refractivity (Wildman–Crippen MR) is 73.9 cm³/mol. The highest BCUT2D eigenvalue weighted by Gasteiger charge is 2.24. The molecule has 0 aromatic rings. The molecule has 1 heterocycles. The van der Waals surface area contributed by atoms with E-state index in [0.29, 0.717) is 18.5 Å². The molecule has 1 unspecified atom stereocenters. The molecule has 19 heavy (non-hydrogen) atoms. The van der Waals surface area contributed by atoms with Crippen molar-refractivity contribution >= 4 is 11.9 Å². The van der Waals surface area contributed by atoms with E-state index in [1.54, 1.807) is 0 Å². The van der Waals surface area contributed by atoms with E-state index in [1.165, 1.54) is 12.8 Å². The Morgan fingerprint density at radius 2 is 2.11 bits per heavy atom. The van der Waals surface area contributed by atoms with Crippen LogP contribution in [-0.4, -0.2) is 47.6 Å². The summed E-state index contributed by atoms with van der Waals surface area (Å²) >= 11 is 0. The molecule has 0 saturated carbocycles. The van der Waals surface area contributed by atoms with Crippen molar-refractivity contribution in [3.8, 4) is 0 Å². The zero-order valence-electron chi connectivity index (χ0n) is 12.0. The maximum atomic E-state index is 11.7. The Morgan fingerprint density at radius 1 is 1.37 bits per heavy atom. The van der Waals surface area contributed by atoms with Gasteiger partial charge in [-0.15, -0.1) is 0 Å². The van der Waals surface area contributed by atoms with Gasteiger partial charge in [-0.2, -0.15) is 0 Å². The summed E-state index contributed by atoms with van der Waals surface area (Å²) in [5, 5.41) is 11.0. The number of nitrogens with one attached hydrogen (secondary N) is 1. The van der Waals surface area contributed by atoms with E-state index in [1.807, 2.05) is 0 Å². The van der Waals surface area contributed by atoms with Crippen LogP contribution in [0.5, 0.6) is 0 Å². The summed E-state index contributed by atoms with van der Waals surface area (Å²) in [6.07, 6.45) is 5.82. The molecule has 2 N–H and O–H groups in total. The van der Waals surface area contributed by atoms with Crippen LogP contribution in [0.25, 0.3) is 0 Å². The van der Waals surface area contributed by atoms with Crippen molar-refractivity contribution < 1.29 is 14.7 Å². The van der Waals surface area contributed by atoms with Gasteiger partial charge in [0.05, 0.1) is 6.54 Å². The van der Waals surface area contributed by atoms with Crippen molar-refractivity contribution in [3.05, 3.63) is 0 Å². The highest BCUT2D eigenvalue weighted by Crippen LogP contribution is 2.22. The van der Waals surface area contributed by atoms with Crippen LogP contribution >= 0.6 is 0 Å². The Balaban J connectivity index is 2.38. The molecule has 0 aliphatic carbocycles. The fourth-order valence-corrected chi connectivity index (χ4v) is 2.54. The van der Waals surface area contributed by atoms with Crippen molar-refractivity contribution in [2.24, 2.45) is 5.92 Å². The summed E-state index contributed by atoms with van der Waals surface area (Å²) < 4.78 is 0. The lowest BCUT2D eigenvalue weighted by molar-refractivity contribution is -0.138. The van der Waals surface area contributed by atoms with Crippen LogP contribution in [0, 0.1) is 5.92 Å². The highest BCUT2D eigenvalue weighted by atomic mass is 16.4. The lowest BCUT2D eigenvalue weighted by Crippen LogP contribution is -2.46. The predicted octanol–water partition coefficient (Wildman–Crippen LogP) is 1.48. The zero-order chi connectivity index (χ0) is 14.3. The van der Waals surface area contributed by atoms with Crippen LogP contribution in [0.3, 0.4) is 0 Å². The van der Waals surface area contributed by atoms with Crippen molar-refractivity contribution in [2.45, 2.75) is 52.0 Å². The van der Waals surface area contributed by atoms with Gasteiger partial charge in [-0.1, -0.05) is 20.3 Å². The summed E-state index contributed by atoms with van der Waals surface area (Å²) in [5.74, 6) is -0.494. The van der Waals surface area contributed by atoms with Crippen LogP contribution in [0.15, 0.2) is 0 Å². The third-order valence-corrected chi connectivity index (χ3v) is 3.61. The summed E-state index contributed by atoms with van der Waals surface area (Å²) in [6, 6.07) is 0.478. The summed E-state index contributed by atoms with van der Waals surface area (Å²) in [7, 11) is 0. The second-order valence-electron chi connectivity index (χ2n) is 5.76. The molecular weight excluding hydrogens is 244 g/mol. The topological polar surface area (TPSA) is 69.6 Å². The van der Waals surface area contributed by atoms with Crippen LogP contribution in [0.2, 0.25) is 0 Å². The first-order valence-electron chi connectivity index (χ1n) is 7.21. The Morgan fingerprint density at radius 3 is 2.74 bits per heavy atom. The second-order valence-corrected chi connectivity index (χ2v) is 5.76. The fourth-order valence-electron chi connectivity index (χ4n) is 2.54. The molecule has 1 amide bonds. The maximum Gasteiger partial charge on any atom is 0.322 e. The lowest BCUT2D eigenvalue weighted by atomic mass is 9.95. The van der Waals surface area contributed by atoms with E-state index in [9.17, 15) is 9.59 Å². The molecule has 1 fully saturated rings. The minimum absolute atomic E-state index is 0.182. The smallest absolute Gasteiger partial charge is 0.322 e. The fraction of sp³-hybridized carbons (Fsp3) is 0.857. The largest absolute Gasteiger partial charge is 0.480 e. The molecule has 0 spiro atoms. The van der Waals surface area contributed by atoms with E-state index in [0.717, 1.165) is 25.8 Å². The molecule has 1 aliphatic rings. The summed E-state index contributed by atoms with van der Waals surface area (Å²) in [6.45, 7) is 5.42. The third kappa shape index (κ3) is 6.57. The molecule has 0 aromatic heterocycles. The molecule has 5 nitrogen and oxygen atoms in total. The molecular formula is C14H26N2O3. The van der Waals surface area contributed by atoms with Gasteiger partial charge in [-0.3, -0.25) is 14.5 Å². The molecule has 1 rings (SSSR count). The normalized spacial score (nSPS) is 20.5. The SMILES string of the molecule is CC(C)CCC1CCCCN1CC(=O)NCC(=O)O. The monoisotopic (exact) mass is 270 g/mol. The van der Waals surface area contributed by atoms with Gasteiger partial charge in [0.15, 0.2) is 0 Å². The zero-order valence-corrected chi connectivity index (χ0v) is 12.0. The van der Waals surface area contributed by atoms with Crippen molar-refractivity contribution in [2.75, 3.05) is 19.6 Å². The Bertz CT molecular complexity index is 305. The van der Waals surface area contributed by atoms with E-state index < -0.39 is 5.97 Å². The molecule has 0 bridgehead atoms. The standard InChI is InChI=1S/C14H26N2O3/c1-11(2)6-7-12-5-3-4-8-16(12)10-13(17)15-9-14(18)19/h11-12H,3-10H2,1-2H3,(H,15,17)(H,18,19). The first-order chi connectivity index (χ1) is 8.99. The van der Waals surface area contributed by atoms with Crippen molar-refractivity contribution in [1.82, 2.24) is 10.2 Å². The van der Waals surface area contributed by atoms with Crippen LogP contribution in [-0.2, 0) is 9.59 Å². The average Bonchev–Trinajstić information content (AvgIpc) is 2.35. The number of hydrogen-bond acceptors (Lipinski definition) is 3. The Labute approximate surface area is 115 Å². The average molecular weight is 270 g/mol. The summed E-state index contributed by atoms with van der Waals surface area (Å²) in [5.41, 5.74) is 0. The molecule has 1 aliphatic heterocycles. The van der Waals surface area contributed by atoms with Crippen molar-refractivity contribution in [1.29, 1.82) is 0 Å². The molecule has 5 heteroatoms. The molecule has 1 saturated heterocycles. The van der Waals surface area contributed by atoms with E-state index in [4.69, 9.17) is 5.11 Å². The van der Waals surface area contributed by atoms with Gasteiger partial charge >= 0.3 is 5.97 Å². The number of piperidine rings is 1. The number of amides is 1. The van der Waals surface area contributed by atoms with E-state index in [-0.39, 0.29) is 12.5 Å². The molecule has 1 atom stereocenters. The molecule has 0 aromatic carbocycles. The highest BCUT2D eigenvalue weighted by molar-refractivity contribution is 5.82. The van der Waals surface area contributed by atoms with Gasteiger partial charge in [0.2, 0.25) is 5.91 Å². The maximum absolute atomic E-state index is 11.7. The quantitative estimate of drug-likeness (QED) is 0.735. The van der Waals surface area contributed by atoms with Crippen molar-refractivity contribution in [3.63, 3.8) is 0 Å². The second kappa shape index (κ2) is 8.15. The van der Waals surface area contributed by atoms with E-state index >= 15 is 0 Å². The number of aliphatic carboxylic acids is 1. The number of nitrogens with zero attached hydrogens (tertiary/aromatic N) is 1. The van der Waals surface area contributed by atoms with Gasteiger partial charge in [0, 0.05) is 6.04 Å². The summed E-state index contributed by atoms with van der Waals surface area (Å²) in [4.78, 5) is 24.3. The lowest BCUT2D eigenvalue weighted by Gasteiger charge is -2.35. The molecule has 110 valence electrons. The number of rotatable bonds is 7. The number of carboxylic acid groups (broad SMARTS) is 1. The number of hydrogen-bond donors (Lipinski definition) is 2. The number of carbonyl (C=O) groups excluding carboxylic acids is 1. The third-order valence-electron chi connectivity index (χ3n) is 3.61. The van der Waals surface area contributed by atoms with Gasteiger partial charge in [-0.25, -0.2) is 0 Å². The van der Waals surface area contributed by atoms with Crippen LogP contribution in [0.1, 0.15) is 46.0 Å². The van der Waals surface area contributed by atoms with Gasteiger partial charge in [0.1, 0.15) is 6.54 Å². The number of carbonyl (C=O) groups is 2. The number of carboxylic acids is 1. The Kier molecular flexibility index (Phi) is 6.84. The number of likely N-dealkylation sites (tertiary alicyclic amines) is 1. The van der Waals surface area contributed by atoms with Gasteiger partial charge in [-0.05, 0) is 38.1 Å². The first kappa shape index (κ1) is 16.0. The minimum Gasteiger partial charge on any atom is -0.480 e. The van der Waals surface area contributed by atoms with E-state index in [2.05, 4.69) is 24.1 Å². The minimum atomic E-state index is -0.997. The van der Waals surface area contributed by atoms with Crippen LogP contribution in [0.4, 0.5) is 0 Å². The Hall–Kier alpha value is -1.10. The first-order valence-corrected chi connectivity index (χ1v) is 7.21.